The molecule has 0 unspecified atom stereocenters. The summed E-state index contributed by atoms with van der Waals surface area (Å²) in [5, 5.41) is 0. The van der Waals surface area contributed by atoms with Crippen molar-refractivity contribution in [1.29, 1.82) is 0 Å². The third kappa shape index (κ3) is 2.49. The summed E-state index contributed by atoms with van der Waals surface area (Å²) in [6, 6.07) is 2.15. The molecule has 1 fully saturated rings. The first-order valence-corrected chi connectivity index (χ1v) is 8.57. The van der Waals surface area contributed by atoms with E-state index in [0.717, 1.165) is 21.6 Å². The molecule has 0 amide bonds. The molecule has 3 nitrogen and oxygen atoms in total. The second-order valence-corrected chi connectivity index (χ2v) is 7.69. The molecule has 1 aliphatic rings. The van der Waals surface area contributed by atoms with Gasteiger partial charge in [0, 0.05) is 21.2 Å². The number of aryl methyl sites for hydroxylation is 2. The van der Waals surface area contributed by atoms with Gasteiger partial charge in [-0.2, -0.15) is 0 Å². The van der Waals surface area contributed by atoms with Gasteiger partial charge in [0.15, 0.2) is 5.82 Å². The van der Waals surface area contributed by atoms with E-state index in [0.29, 0.717) is 11.7 Å². The minimum atomic E-state index is 0.522. The Morgan fingerprint density at radius 3 is 2.55 bits per heavy atom. The van der Waals surface area contributed by atoms with Crippen molar-refractivity contribution in [2.45, 2.75) is 45.4 Å². The fraction of sp³-hybridized carbons (Fsp3) is 0.467. The molecule has 20 heavy (non-hydrogen) atoms. The number of rotatable bonds is 2. The summed E-state index contributed by atoms with van der Waals surface area (Å²) in [7, 11) is 0. The summed E-state index contributed by atoms with van der Waals surface area (Å²) in [5.74, 6) is 1.85. The molecule has 0 atom stereocenters. The number of nitrogen functional groups attached to an aromatic ring is 1. The van der Waals surface area contributed by atoms with Gasteiger partial charge in [0.2, 0.25) is 0 Å². The van der Waals surface area contributed by atoms with E-state index in [2.05, 4.69) is 40.8 Å². The maximum atomic E-state index is 6.09. The quantitative estimate of drug-likeness (QED) is 0.843. The average Bonchev–Trinajstić information content (AvgIpc) is 3.02. The van der Waals surface area contributed by atoms with E-state index >= 15 is 0 Å². The van der Waals surface area contributed by atoms with E-state index in [1.165, 1.54) is 35.4 Å². The molecular weight excluding hydrogens is 334 g/mol. The van der Waals surface area contributed by atoms with Crippen LogP contribution in [0.2, 0.25) is 0 Å². The lowest BCUT2D eigenvalue weighted by molar-refractivity contribution is 0.691. The zero-order valence-corrected chi connectivity index (χ0v) is 14.1. The third-order valence-electron chi connectivity index (χ3n) is 3.93. The Morgan fingerprint density at radius 2 is 1.95 bits per heavy atom. The van der Waals surface area contributed by atoms with Crippen LogP contribution in [0.3, 0.4) is 0 Å². The van der Waals surface area contributed by atoms with Crippen molar-refractivity contribution in [3.05, 3.63) is 26.0 Å². The molecule has 2 heterocycles. The van der Waals surface area contributed by atoms with Gasteiger partial charge in [-0.1, -0.05) is 12.8 Å². The number of nitrogens with zero attached hydrogens (tertiary/aromatic N) is 2. The van der Waals surface area contributed by atoms with Crippen molar-refractivity contribution in [2.24, 2.45) is 0 Å². The topological polar surface area (TPSA) is 51.8 Å². The number of nitrogens with two attached hydrogens (primary N) is 1. The number of anilines is 1. The van der Waals surface area contributed by atoms with Crippen molar-refractivity contribution in [1.82, 2.24) is 9.97 Å². The number of halogens is 1. The SMILES string of the molecule is Cc1cc(-c2nc(N)c(Br)c(C3CCCC3)n2)c(C)s1. The minimum absolute atomic E-state index is 0.522. The van der Waals surface area contributed by atoms with Crippen LogP contribution in [0, 0.1) is 13.8 Å². The molecule has 0 saturated heterocycles. The van der Waals surface area contributed by atoms with Crippen molar-refractivity contribution >= 4 is 33.1 Å². The van der Waals surface area contributed by atoms with Crippen LogP contribution in [0.5, 0.6) is 0 Å². The van der Waals surface area contributed by atoms with Gasteiger partial charge in [-0.15, -0.1) is 11.3 Å². The summed E-state index contributed by atoms with van der Waals surface area (Å²) in [5.41, 5.74) is 8.30. The summed E-state index contributed by atoms with van der Waals surface area (Å²) in [4.78, 5) is 11.8. The molecule has 0 radical (unpaired) electrons. The van der Waals surface area contributed by atoms with Crippen LogP contribution in [-0.2, 0) is 0 Å². The van der Waals surface area contributed by atoms with E-state index in [1.54, 1.807) is 11.3 Å². The second kappa shape index (κ2) is 5.45. The predicted molar refractivity (Wildman–Crippen MR) is 88.1 cm³/mol. The van der Waals surface area contributed by atoms with Gasteiger partial charge in [0.25, 0.3) is 0 Å². The minimum Gasteiger partial charge on any atom is -0.383 e. The Labute approximate surface area is 131 Å². The summed E-state index contributed by atoms with van der Waals surface area (Å²) in [6.45, 7) is 4.23. The van der Waals surface area contributed by atoms with E-state index in [1.807, 2.05) is 0 Å². The highest BCUT2D eigenvalue weighted by molar-refractivity contribution is 9.10. The fourth-order valence-electron chi connectivity index (χ4n) is 2.93. The summed E-state index contributed by atoms with van der Waals surface area (Å²) < 4.78 is 0.887. The normalized spacial score (nSPS) is 15.9. The molecule has 0 spiro atoms. The molecule has 1 saturated carbocycles. The molecule has 2 N–H and O–H groups in total. The first kappa shape index (κ1) is 14.0. The van der Waals surface area contributed by atoms with E-state index < -0.39 is 0 Å². The lowest BCUT2D eigenvalue weighted by atomic mass is 10.0. The largest absolute Gasteiger partial charge is 0.383 e. The van der Waals surface area contributed by atoms with Gasteiger partial charge >= 0.3 is 0 Å². The standard InChI is InChI=1S/C15H18BrN3S/c1-8-7-11(9(2)20-8)15-18-13(10-5-3-4-6-10)12(16)14(17)19-15/h7,10H,3-6H2,1-2H3,(H2,17,18,19). The number of hydrogen-bond acceptors (Lipinski definition) is 4. The second-order valence-electron chi connectivity index (χ2n) is 5.44. The molecule has 0 aliphatic heterocycles. The number of thiophene rings is 1. The van der Waals surface area contributed by atoms with E-state index in [-0.39, 0.29) is 0 Å². The van der Waals surface area contributed by atoms with Gasteiger partial charge in [0.1, 0.15) is 5.82 Å². The summed E-state index contributed by atoms with van der Waals surface area (Å²) in [6.07, 6.45) is 4.98. The maximum Gasteiger partial charge on any atom is 0.162 e. The highest BCUT2D eigenvalue weighted by Crippen LogP contribution is 2.39. The molecule has 3 rings (SSSR count). The lowest BCUT2D eigenvalue weighted by Gasteiger charge is -2.13. The van der Waals surface area contributed by atoms with Crippen LogP contribution in [-0.4, -0.2) is 9.97 Å². The van der Waals surface area contributed by atoms with E-state index in [4.69, 9.17) is 10.7 Å². The van der Waals surface area contributed by atoms with E-state index in [9.17, 15) is 0 Å². The summed E-state index contributed by atoms with van der Waals surface area (Å²) >= 11 is 5.35. The molecule has 0 aromatic carbocycles. The van der Waals surface area contributed by atoms with Crippen molar-refractivity contribution in [3.8, 4) is 11.4 Å². The van der Waals surface area contributed by atoms with Crippen LogP contribution < -0.4 is 5.73 Å². The maximum absolute atomic E-state index is 6.09. The molecule has 1 aliphatic carbocycles. The Bertz CT molecular complexity index is 645. The van der Waals surface area contributed by atoms with Gasteiger partial charge in [-0.3, -0.25) is 0 Å². The Morgan fingerprint density at radius 1 is 1.25 bits per heavy atom. The number of hydrogen-bond donors (Lipinski definition) is 1. The predicted octanol–water partition coefficient (Wildman–Crippen LogP) is 4.82. The van der Waals surface area contributed by atoms with Crippen molar-refractivity contribution in [3.63, 3.8) is 0 Å². The molecule has 0 bridgehead atoms. The average molecular weight is 352 g/mol. The molecule has 2 aromatic heterocycles. The van der Waals surface area contributed by atoms with Crippen molar-refractivity contribution < 1.29 is 0 Å². The van der Waals surface area contributed by atoms with Crippen LogP contribution >= 0.6 is 27.3 Å². The molecule has 2 aromatic rings. The highest BCUT2D eigenvalue weighted by Gasteiger charge is 2.24. The van der Waals surface area contributed by atoms with Gasteiger partial charge in [0.05, 0.1) is 10.2 Å². The lowest BCUT2D eigenvalue weighted by Crippen LogP contribution is -2.06. The van der Waals surface area contributed by atoms with Gasteiger partial charge in [-0.25, -0.2) is 9.97 Å². The number of aromatic nitrogens is 2. The van der Waals surface area contributed by atoms with Crippen LogP contribution in [0.1, 0.15) is 47.0 Å². The van der Waals surface area contributed by atoms with Gasteiger partial charge in [-0.05, 0) is 48.7 Å². The smallest absolute Gasteiger partial charge is 0.162 e. The fourth-order valence-corrected chi connectivity index (χ4v) is 4.35. The molecule has 106 valence electrons. The third-order valence-corrected chi connectivity index (χ3v) is 5.70. The van der Waals surface area contributed by atoms with Crippen LogP contribution in [0.15, 0.2) is 10.5 Å². The highest BCUT2D eigenvalue weighted by atomic mass is 79.9. The molecular formula is C15H18BrN3S. The zero-order valence-electron chi connectivity index (χ0n) is 11.7. The monoisotopic (exact) mass is 351 g/mol. The Balaban J connectivity index is 2.10. The first-order chi connectivity index (χ1) is 9.56. The Kier molecular flexibility index (Phi) is 3.82. The van der Waals surface area contributed by atoms with Crippen molar-refractivity contribution in [2.75, 3.05) is 5.73 Å². The zero-order chi connectivity index (χ0) is 14.3. The van der Waals surface area contributed by atoms with Gasteiger partial charge < -0.3 is 5.73 Å². The van der Waals surface area contributed by atoms with Crippen LogP contribution in [0.4, 0.5) is 5.82 Å². The molecule has 5 heteroatoms. The first-order valence-electron chi connectivity index (χ1n) is 6.96. The van der Waals surface area contributed by atoms with Crippen LogP contribution in [0.25, 0.3) is 11.4 Å². The Hall–Kier alpha value is -0.940.